The number of carbonyl (C=O) groups excluding carboxylic acids is 1. The highest BCUT2D eigenvalue weighted by atomic mass is 19.4. The normalized spacial score (nSPS) is 14.9. The third-order valence-electron chi connectivity index (χ3n) is 7.86. The molecule has 0 saturated carbocycles. The van der Waals surface area contributed by atoms with E-state index in [0.717, 1.165) is 30.2 Å². The van der Waals surface area contributed by atoms with Crippen LogP contribution in [0.15, 0.2) is 48.7 Å². The molecule has 264 valence electrons. The van der Waals surface area contributed by atoms with Crippen molar-refractivity contribution in [3.8, 4) is 17.6 Å². The molecule has 0 fully saturated rings. The lowest BCUT2D eigenvalue weighted by Gasteiger charge is -2.37. The molecule has 1 heterocycles. The van der Waals surface area contributed by atoms with Crippen molar-refractivity contribution in [2.45, 2.75) is 50.2 Å². The molecule has 1 N–H and O–H groups in total. The maximum atomic E-state index is 14.4. The van der Waals surface area contributed by atoms with Gasteiger partial charge in [-0.2, -0.15) is 31.3 Å². The highest BCUT2D eigenvalue weighted by molar-refractivity contribution is 6.01. The number of aliphatic hydroxyl groups is 1. The van der Waals surface area contributed by atoms with E-state index in [0.29, 0.717) is 18.7 Å². The van der Waals surface area contributed by atoms with Crippen molar-refractivity contribution in [3.63, 3.8) is 0 Å². The molecule has 1 aromatic heterocycles. The molecule has 16 heteroatoms. The fourth-order valence-electron chi connectivity index (χ4n) is 4.67. The van der Waals surface area contributed by atoms with Crippen LogP contribution in [0, 0.1) is 5.82 Å². The van der Waals surface area contributed by atoms with Crippen LogP contribution >= 0.6 is 0 Å². The van der Waals surface area contributed by atoms with Crippen LogP contribution in [-0.2, 0) is 22.6 Å². The second kappa shape index (κ2) is 15.0. The Morgan fingerprint density at radius 2 is 1.46 bits per heavy atom. The van der Waals surface area contributed by atoms with Gasteiger partial charge in [-0.05, 0) is 96.5 Å². The van der Waals surface area contributed by atoms with Gasteiger partial charge in [0.15, 0.2) is 0 Å². The molecule has 0 bridgehead atoms. The molecule has 3 aromatic rings. The molecule has 0 aliphatic carbocycles. The number of alkyl halides is 6. The van der Waals surface area contributed by atoms with E-state index in [9.17, 15) is 40.6 Å². The largest absolute Gasteiger partial charge is 0.462 e. The number of ether oxygens (including phenoxy) is 2. The molecule has 1 amide bonds. The summed E-state index contributed by atoms with van der Waals surface area (Å²) >= 11 is 0. The number of aromatic nitrogens is 2. The quantitative estimate of drug-likeness (QED) is 0.219. The molecule has 0 radical (unpaired) electrons. The number of hydrogen-bond donors (Lipinski definition) is 1. The number of nitrogens with zero attached hydrogens (tertiary/aromatic N) is 5. The molecule has 3 atom stereocenters. The van der Waals surface area contributed by atoms with Crippen molar-refractivity contribution in [1.29, 1.82) is 0 Å². The SMILES string of the molecule is CC(C(O)CC(C)(C(=O)N(C)c1cnc(OCCN(C)C)nc1Oc1ccc(F)cc1)c1cc(C(F)(F)F)cc(C(F)(F)F)c1)N(C)C. The topological polar surface area (TPSA) is 91.3 Å². The molecule has 0 aliphatic heterocycles. The highest BCUT2D eigenvalue weighted by Gasteiger charge is 2.45. The van der Waals surface area contributed by atoms with Crippen molar-refractivity contribution >= 4 is 11.6 Å². The smallest absolute Gasteiger partial charge is 0.416 e. The minimum absolute atomic E-state index is 0.0332. The summed E-state index contributed by atoms with van der Waals surface area (Å²) in [5.41, 5.74) is -6.18. The first kappa shape index (κ1) is 38.4. The lowest BCUT2D eigenvalue weighted by Crippen LogP contribution is -2.49. The van der Waals surface area contributed by atoms with Crippen LogP contribution in [-0.4, -0.2) is 91.3 Å². The van der Waals surface area contributed by atoms with Crippen LogP contribution < -0.4 is 14.4 Å². The monoisotopic (exact) mass is 689 g/mol. The van der Waals surface area contributed by atoms with E-state index < -0.39 is 64.7 Å². The highest BCUT2D eigenvalue weighted by Crippen LogP contribution is 2.42. The molecule has 0 spiro atoms. The Morgan fingerprint density at radius 1 is 0.917 bits per heavy atom. The molecule has 48 heavy (non-hydrogen) atoms. The lowest BCUT2D eigenvalue weighted by molar-refractivity contribution is -0.143. The average molecular weight is 690 g/mol. The summed E-state index contributed by atoms with van der Waals surface area (Å²) in [6.45, 7) is 3.39. The van der Waals surface area contributed by atoms with Gasteiger partial charge in [0.05, 0.1) is 28.8 Å². The number of carbonyl (C=O) groups is 1. The first-order valence-electron chi connectivity index (χ1n) is 14.6. The first-order valence-corrected chi connectivity index (χ1v) is 14.6. The summed E-state index contributed by atoms with van der Waals surface area (Å²) in [5.74, 6) is -1.77. The van der Waals surface area contributed by atoms with Crippen LogP contribution in [0.3, 0.4) is 0 Å². The number of aliphatic hydroxyl groups excluding tert-OH is 1. The molecule has 0 saturated heterocycles. The standard InChI is InChI=1S/C32H38F7N5O4/c1-19(43(5)6)26(45)17-30(2,20-14-21(31(34,35)36)16-22(15-20)32(37,38)39)28(46)44(7)25-18-40-29(47-13-12-42(3)4)41-27(25)48-24-10-8-23(33)9-11-24/h8-11,14-16,18-19,26,45H,12-13,17H2,1-7H3. The van der Waals surface area contributed by atoms with Crippen molar-refractivity contribution in [1.82, 2.24) is 19.8 Å². The zero-order chi connectivity index (χ0) is 36.2. The minimum Gasteiger partial charge on any atom is -0.462 e. The minimum atomic E-state index is -5.19. The zero-order valence-corrected chi connectivity index (χ0v) is 27.4. The lowest BCUT2D eigenvalue weighted by atomic mass is 9.74. The van der Waals surface area contributed by atoms with Crippen molar-refractivity contribution in [2.24, 2.45) is 0 Å². The molecular formula is C32H38F7N5O4. The van der Waals surface area contributed by atoms with E-state index in [4.69, 9.17) is 9.47 Å². The third kappa shape index (κ3) is 9.54. The van der Waals surface area contributed by atoms with Gasteiger partial charge in [0.1, 0.15) is 23.9 Å². The maximum Gasteiger partial charge on any atom is 0.416 e. The van der Waals surface area contributed by atoms with E-state index in [1.807, 2.05) is 19.0 Å². The molecule has 3 unspecified atom stereocenters. The summed E-state index contributed by atoms with van der Waals surface area (Å²) < 4.78 is 108. The molecule has 3 rings (SSSR count). The van der Waals surface area contributed by atoms with Gasteiger partial charge in [-0.1, -0.05) is 0 Å². The summed E-state index contributed by atoms with van der Waals surface area (Å²) in [6, 6.07) is 4.86. The van der Waals surface area contributed by atoms with Crippen LogP contribution in [0.25, 0.3) is 0 Å². The number of likely N-dealkylation sites (N-methyl/N-ethyl adjacent to an activating group) is 3. The number of hydrogen-bond acceptors (Lipinski definition) is 8. The van der Waals surface area contributed by atoms with Gasteiger partial charge in [0.2, 0.25) is 11.8 Å². The molecule has 0 aliphatic rings. The summed E-state index contributed by atoms with van der Waals surface area (Å²) in [5, 5.41) is 11.1. The Bertz CT molecular complexity index is 1520. The Morgan fingerprint density at radius 3 is 1.96 bits per heavy atom. The van der Waals surface area contributed by atoms with Gasteiger partial charge < -0.3 is 29.3 Å². The molecule has 2 aromatic carbocycles. The summed E-state index contributed by atoms with van der Waals surface area (Å²) in [6.07, 6.45) is -11.2. The maximum absolute atomic E-state index is 14.4. The van der Waals surface area contributed by atoms with E-state index in [2.05, 4.69) is 9.97 Å². The van der Waals surface area contributed by atoms with E-state index in [-0.39, 0.29) is 36.0 Å². The van der Waals surface area contributed by atoms with Crippen LogP contribution in [0.1, 0.15) is 37.0 Å². The Balaban J connectivity index is 2.20. The van der Waals surface area contributed by atoms with Crippen molar-refractivity contribution in [3.05, 3.63) is 71.2 Å². The fourth-order valence-corrected chi connectivity index (χ4v) is 4.67. The van der Waals surface area contributed by atoms with Gasteiger partial charge in [0.25, 0.3) is 0 Å². The van der Waals surface area contributed by atoms with Gasteiger partial charge >= 0.3 is 18.4 Å². The number of amides is 1. The van der Waals surface area contributed by atoms with Crippen LogP contribution in [0.4, 0.5) is 36.4 Å². The second-order valence-electron chi connectivity index (χ2n) is 12.0. The number of halogens is 7. The first-order chi connectivity index (χ1) is 22.1. The second-order valence-corrected chi connectivity index (χ2v) is 12.0. The molecular weight excluding hydrogens is 651 g/mol. The number of benzene rings is 2. The van der Waals surface area contributed by atoms with Crippen molar-refractivity contribution in [2.75, 3.05) is 53.3 Å². The van der Waals surface area contributed by atoms with E-state index in [1.165, 1.54) is 19.2 Å². The van der Waals surface area contributed by atoms with Gasteiger partial charge in [-0.3, -0.25) is 4.79 Å². The Labute approximate surface area is 273 Å². The average Bonchev–Trinajstić information content (AvgIpc) is 2.99. The Hall–Kier alpha value is -4.02. The molecule has 9 nitrogen and oxygen atoms in total. The number of rotatable bonds is 13. The van der Waals surface area contributed by atoms with Crippen molar-refractivity contribution < 1.29 is 50.1 Å². The number of anilines is 1. The van der Waals surface area contributed by atoms with E-state index in [1.54, 1.807) is 25.9 Å². The van der Waals surface area contributed by atoms with Gasteiger partial charge in [-0.15, -0.1) is 0 Å². The fraction of sp³-hybridized carbons (Fsp3) is 0.469. The van der Waals surface area contributed by atoms with Gasteiger partial charge in [-0.25, -0.2) is 9.37 Å². The third-order valence-corrected chi connectivity index (χ3v) is 7.86. The Kier molecular flexibility index (Phi) is 12.0. The summed E-state index contributed by atoms with van der Waals surface area (Å²) in [7, 11) is 8.06. The predicted molar refractivity (Wildman–Crippen MR) is 164 cm³/mol. The predicted octanol–water partition coefficient (Wildman–Crippen LogP) is 6.01. The van der Waals surface area contributed by atoms with E-state index >= 15 is 0 Å². The van der Waals surface area contributed by atoms with Crippen LogP contribution in [0.2, 0.25) is 0 Å². The summed E-state index contributed by atoms with van der Waals surface area (Å²) in [4.78, 5) is 27.1. The zero-order valence-electron chi connectivity index (χ0n) is 27.4. The van der Waals surface area contributed by atoms with Gasteiger partial charge in [0, 0.05) is 19.6 Å². The van der Waals surface area contributed by atoms with Crippen LogP contribution in [0.5, 0.6) is 17.6 Å².